The van der Waals surface area contributed by atoms with Crippen molar-refractivity contribution in [3.05, 3.63) is 0 Å². The Hall–Kier alpha value is -0.620. The van der Waals surface area contributed by atoms with Gasteiger partial charge in [-0.1, -0.05) is 43.2 Å². The first-order valence-electron chi connectivity index (χ1n) is 6.24. The Bertz CT molecular complexity index is 366. The van der Waals surface area contributed by atoms with Crippen LogP contribution in [0.4, 0.5) is 0 Å². The Morgan fingerprint density at radius 1 is 1.44 bits per heavy atom. The van der Waals surface area contributed by atoms with Crippen LogP contribution in [0.25, 0.3) is 0 Å². The Morgan fingerprint density at radius 2 is 2.11 bits per heavy atom. The summed E-state index contributed by atoms with van der Waals surface area (Å²) in [6.45, 7) is 0. The number of carbonyl (C=O) groups is 2. The van der Waals surface area contributed by atoms with Gasteiger partial charge in [0.05, 0.1) is 13.5 Å². The van der Waals surface area contributed by atoms with E-state index in [0.29, 0.717) is 4.32 Å². The lowest BCUT2D eigenvalue weighted by Crippen LogP contribution is -2.41. The number of esters is 1. The van der Waals surface area contributed by atoms with Crippen LogP contribution in [0, 0.1) is 0 Å². The van der Waals surface area contributed by atoms with E-state index in [2.05, 4.69) is 4.74 Å². The van der Waals surface area contributed by atoms with Gasteiger partial charge in [-0.25, -0.2) is 0 Å². The molecular formula is C12H17NO3S2. The van der Waals surface area contributed by atoms with Gasteiger partial charge < -0.3 is 4.74 Å². The van der Waals surface area contributed by atoms with Crippen LogP contribution in [0.1, 0.15) is 38.5 Å². The minimum absolute atomic E-state index is 0.0118. The predicted octanol–water partition coefficient (Wildman–Crippen LogP) is 2.11. The second-order valence-corrected chi connectivity index (χ2v) is 6.49. The second kappa shape index (κ2) is 6.02. The van der Waals surface area contributed by atoms with Gasteiger partial charge in [0.1, 0.15) is 9.57 Å². The molecule has 4 nitrogen and oxygen atoms in total. The number of hydrogen-bond donors (Lipinski definition) is 0. The molecule has 1 aliphatic heterocycles. The summed E-state index contributed by atoms with van der Waals surface area (Å²) in [6.07, 6.45) is 5.72. The monoisotopic (exact) mass is 287 g/mol. The summed E-state index contributed by atoms with van der Waals surface area (Å²) in [5.41, 5.74) is 0. The van der Waals surface area contributed by atoms with Crippen LogP contribution in [-0.2, 0) is 14.3 Å². The van der Waals surface area contributed by atoms with Crippen molar-refractivity contribution in [2.75, 3.05) is 7.11 Å². The van der Waals surface area contributed by atoms with Crippen molar-refractivity contribution in [2.24, 2.45) is 0 Å². The Morgan fingerprint density at radius 3 is 2.72 bits per heavy atom. The van der Waals surface area contributed by atoms with Crippen molar-refractivity contribution >= 4 is 40.2 Å². The zero-order chi connectivity index (χ0) is 13.1. The molecule has 0 aromatic heterocycles. The smallest absolute Gasteiger partial charge is 0.307 e. The van der Waals surface area contributed by atoms with Crippen molar-refractivity contribution < 1.29 is 14.3 Å². The zero-order valence-electron chi connectivity index (χ0n) is 10.4. The number of hydrogen-bond acceptors (Lipinski definition) is 5. The van der Waals surface area contributed by atoms with Crippen molar-refractivity contribution in [1.82, 2.24) is 4.90 Å². The number of thioether (sulfide) groups is 1. The SMILES string of the molecule is COC(=O)CC1SC(=S)N(C2CCCCC2)C1=O. The van der Waals surface area contributed by atoms with E-state index in [1.807, 2.05) is 0 Å². The van der Waals surface area contributed by atoms with Gasteiger partial charge in [-0.15, -0.1) is 0 Å². The first-order valence-corrected chi connectivity index (χ1v) is 7.52. The minimum Gasteiger partial charge on any atom is -0.469 e. The molecule has 6 heteroatoms. The highest BCUT2D eigenvalue weighted by Crippen LogP contribution is 2.35. The molecule has 18 heavy (non-hydrogen) atoms. The largest absolute Gasteiger partial charge is 0.469 e. The number of rotatable bonds is 3. The maximum atomic E-state index is 12.3. The number of ether oxygens (including phenoxy) is 1. The molecule has 2 aliphatic rings. The van der Waals surface area contributed by atoms with E-state index in [0.717, 1.165) is 25.7 Å². The third kappa shape index (κ3) is 2.85. The first-order chi connectivity index (χ1) is 8.63. The topological polar surface area (TPSA) is 46.6 Å². The fourth-order valence-corrected chi connectivity index (χ4v) is 4.12. The van der Waals surface area contributed by atoms with Gasteiger partial charge in [0.15, 0.2) is 0 Å². The fourth-order valence-electron chi connectivity index (χ4n) is 2.51. The Balaban J connectivity index is 2.02. The summed E-state index contributed by atoms with van der Waals surface area (Å²) < 4.78 is 5.24. The highest BCUT2D eigenvalue weighted by molar-refractivity contribution is 8.24. The van der Waals surface area contributed by atoms with Crippen LogP contribution in [0.2, 0.25) is 0 Å². The average molecular weight is 287 g/mol. The molecule has 1 amide bonds. The van der Waals surface area contributed by atoms with Crippen LogP contribution in [0.15, 0.2) is 0 Å². The Labute approximate surface area is 116 Å². The third-order valence-electron chi connectivity index (χ3n) is 3.47. The average Bonchev–Trinajstić information content (AvgIpc) is 2.65. The van der Waals surface area contributed by atoms with Gasteiger partial charge in [-0.2, -0.15) is 0 Å². The maximum Gasteiger partial charge on any atom is 0.307 e. The Kier molecular flexibility index (Phi) is 4.61. The lowest BCUT2D eigenvalue weighted by atomic mass is 9.94. The molecule has 0 aromatic rings. The summed E-state index contributed by atoms with van der Waals surface area (Å²) in [7, 11) is 1.34. The zero-order valence-corrected chi connectivity index (χ0v) is 12.0. The molecule has 1 aliphatic carbocycles. The standard InChI is InChI=1S/C12H17NO3S2/c1-16-10(14)7-9-11(15)13(12(17)18-9)8-5-3-2-4-6-8/h8-9H,2-7H2,1H3. The summed E-state index contributed by atoms with van der Waals surface area (Å²) in [5, 5.41) is -0.383. The molecule has 1 unspecified atom stereocenters. The molecule has 2 fully saturated rings. The summed E-state index contributed by atoms with van der Waals surface area (Å²) in [6, 6.07) is 0.244. The van der Waals surface area contributed by atoms with Gasteiger partial charge in [-0.3, -0.25) is 14.5 Å². The lowest BCUT2D eigenvalue weighted by Gasteiger charge is -2.30. The van der Waals surface area contributed by atoms with E-state index in [1.165, 1.54) is 25.3 Å². The number of thiocarbonyl (C=S) groups is 1. The van der Waals surface area contributed by atoms with Crippen molar-refractivity contribution in [1.29, 1.82) is 0 Å². The number of carbonyl (C=O) groups excluding carboxylic acids is 2. The molecule has 1 saturated heterocycles. The van der Waals surface area contributed by atoms with Gasteiger partial charge in [-0.05, 0) is 12.8 Å². The number of amides is 1. The molecule has 1 saturated carbocycles. The van der Waals surface area contributed by atoms with Crippen LogP contribution in [-0.4, -0.2) is 39.5 Å². The molecule has 0 radical (unpaired) electrons. The summed E-state index contributed by atoms with van der Waals surface area (Å²) in [4.78, 5) is 25.3. The highest BCUT2D eigenvalue weighted by Gasteiger charge is 2.41. The van der Waals surface area contributed by atoms with Gasteiger partial charge in [0.25, 0.3) is 0 Å². The van der Waals surface area contributed by atoms with E-state index in [-0.39, 0.29) is 29.6 Å². The van der Waals surface area contributed by atoms with Crippen LogP contribution >= 0.6 is 24.0 Å². The van der Waals surface area contributed by atoms with E-state index < -0.39 is 0 Å². The molecule has 0 spiro atoms. The minimum atomic E-state index is -0.383. The van der Waals surface area contributed by atoms with Crippen molar-refractivity contribution in [2.45, 2.75) is 49.8 Å². The second-order valence-electron chi connectivity index (χ2n) is 4.65. The maximum absolute atomic E-state index is 12.3. The molecule has 100 valence electrons. The molecule has 1 atom stereocenters. The van der Waals surface area contributed by atoms with Crippen LogP contribution in [0.3, 0.4) is 0 Å². The molecule has 0 bridgehead atoms. The van der Waals surface area contributed by atoms with Crippen molar-refractivity contribution in [3.63, 3.8) is 0 Å². The normalized spacial score (nSPS) is 25.6. The molecule has 0 aromatic carbocycles. The van der Waals surface area contributed by atoms with Gasteiger partial charge in [0, 0.05) is 6.04 Å². The van der Waals surface area contributed by atoms with E-state index >= 15 is 0 Å². The van der Waals surface area contributed by atoms with E-state index in [4.69, 9.17) is 12.2 Å². The van der Waals surface area contributed by atoms with Crippen LogP contribution < -0.4 is 0 Å². The van der Waals surface area contributed by atoms with E-state index in [1.54, 1.807) is 4.90 Å². The predicted molar refractivity (Wildman–Crippen MR) is 74.3 cm³/mol. The quantitative estimate of drug-likeness (QED) is 0.588. The number of nitrogens with zero attached hydrogens (tertiary/aromatic N) is 1. The van der Waals surface area contributed by atoms with Gasteiger partial charge >= 0.3 is 5.97 Å². The molecule has 0 N–H and O–H groups in total. The van der Waals surface area contributed by atoms with Gasteiger partial charge in [0.2, 0.25) is 5.91 Å². The van der Waals surface area contributed by atoms with E-state index in [9.17, 15) is 9.59 Å². The number of methoxy groups -OCH3 is 1. The summed E-state index contributed by atoms with van der Waals surface area (Å²) >= 11 is 6.61. The van der Waals surface area contributed by atoms with Crippen molar-refractivity contribution in [3.8, 4) is 0 Å². The molecule has 1 heterocycles. The molecular weight excluding hydrogens is 270 g/mol. The molecule has 2 rings (SSSR count). The summed E-state index contributed by atoms with van der Waals surface area (Å²) in [5.74, 6) is -0.364. The van der Waals surface area contributed by atoms with Crippen LogP contribution in [0.5, 0.6) is 0 Å². The highest BCUT2D eigenvalue weighted by atomic mass is 32.2. The lowest BCUT2D eigenvalue weighted by molar-refractivity contribution is -0.142. The fraction of sp³-hybridized carbons (Fsp3) is 0.750. The first kappa shape index (κ1) is 13.8. The third-order valence-corrected chi connectivity index (χ3v) is 5.01.